The molecule has 3 rings (SSSR count). The Balaban J connectivity index is 1.66. The predicted octanol–water partition coefficient (Wildman–Crippen LogP) is 2.70. The summed E-state index contributed by atoms with van der Waals surface area (Å²) in [5.74, 6) is -0.342. The molecule has 0 spiro atoms. The zero-order valence-electron chi connectivity index (χ0n) is 14.5. The van der Waals surface area contributed by atoms with Crippen LogP contribution < -0.4 is 10.5 Å². The van der Waals surface area contributed by atoms with Crippen LogP contribution in [0, 0.1) is 19.7 Å². The predicted molar refractivity (Wildman–Crippen MR) is 93.6 cm³/mol. The molecule has 1 unspecified atom stereocenters. The highest BCUT2D eigenvalue weighted by Gasteiger charge is 2.15. The standard InChI is InChI=1S/C19H19FN2O4/c1-12-3-4-13(2)17(9-12)25-11-16(23)10-22-19(24)26-18(21-22)14-5-7-15(20)8-6-14/h3-9,16,23H,10-11H2,1-2H3. The largest absolute Gasteiger partial charge is 0.491 e. The van der Waals surface area contributed by atoms with Gasteiger partial charge in [0.15, 0.2) is 0 Å². The van der Waals surface area contributed by atoms with Gasteiger partial charge in [0.05, 0.1) is 6.54 Å². The maximum atomic E-state index is 13.0. The second-order valence-corrected chi connectivity index (χ2v) is 6.10. The molecule has 1 atom stereocenters. The van der Waals surface area contributed by atoms with E-state index < -0.39 is 17.7 Å². The topological polar surface area (TPSA) is 77.5 Å². The van der Waals surface area contributed by atoms with Crippen LogP contribution in [0.4, 0.5) is 4.39 Å². The molecule has 0 bridgehead atoms. The average Bonchev–Trinajstić information content (AvgIpc) is 2.97. The zero-order chi connectivity index (χ0) is 18.7. The molecular formula is C19H19FN2O4. The number of benzene rings is 2. The molecule has 0 amide bonds. The van der Waals surface area contributed by atoms with Gasteiger partial charge in [-0.2, -0.15) is 4.68 Å². The maximum absolute atomic E-state index is 13.0. The van der Waals surface area contributed by atoms with E-state index in [4.69, 9.17) is 9.15 Å². The Hall–Kier alpha value is -2.93. The van der Waals surface area contributed by atoms with Gasteiger partial charge in [-0.05, 0) is 55.3 Å². The van der Waals surface area contributed by atoms with E-state index in [0.717, 1.165) is 15.8 Å². The molecule has 2 aromatic carbocycles. The fourth-order valence-corrected chi connectivity index (χ4v) is 2.43. The fourth-order valence-electron chi connectivity index (χ4n) is 2.43. The van der Waals surface area contributed by atoms with Gasteiger partial charge in [0.1, 0.15) is 24.3 Å². The number of aryl methyl sites for hydroxylation is 2. The highest BCUT2D eigenvalue weighted by molar-refractivity contribution is 5.51. The summed E-state index contributed by atoms with van der Waals surface area (Å²) in [6.07, 6.45) is -0.946. The van der Waals surface area contributed by atoms with Crippen molar-refractivity contribution in [3.05, 3.63) is 70.0 Å². The molecule has 136 valence electrons. The van der Waals surface area contributed by atoms with Crippen molar-refractivity contribution in [1.82, 2.24) is 9.78 Å². The van der Waals surface area contributed by atoms with Crippen LogP contribution in [0.15, 0.2) is 51.7 Å². The van der Waals surface area contributed by atoms with Crippen LogP contribution in [-0.2, 0) is 6.54 Å². The number of halogens is 1. The quantitative estimate of drug-likeness (QED) is 0.733. The number of aliphatic hydroxyl groups excluding tert-OH is 1. The van der Waals surface area contributed by atoms with Crippen molar-refractivity contribution in [2.24, 2.45) is 0 Å². The molecule has 26 heavy (non-hydrogen) atoms. The smallest absolute Gasteiger partial charge is 0.437 e. The molecule has 0 aliphatic heterocycles. The lowest BCUT2D eigenvalue weighted by Gasteiger charge is -2.13. The van der Waals surface area contributed by atoms with E-state index in [-0.39, 0.29) is 19.0 Å². The molecule has 1 aromatic heterocycles. The van der Waals surface area contributed by atoms with Gasteiger partial charge < -0.3 is 14.3 Å². The van der Waals surface area contributed by atoms with Gasteiger partial charge in [-0.15, -0.1) is 5.10 Å². The molecule has 1 N–H and O–H groups in total. The summed E-state index contributed by atoms with van der Waals surface area (Å²) < 4.78 is 24.7. The van der Waals surface area contributed by atoms with E-state index >= 15 is 0 Å². The molecule has 0 fully saturated rings. The number of ether oxygens (including phenoxy) is 1. The van der Waals surface area contributed by atoms with E-state index in [0.29, 0.717) is 11.3 Å². The summed E-state index contributed by atoms with van der Waals surface area (Å²) in [6.45, 7) is 3.80. The Morgan fingerprint density at radius 1 is 1.23 bits per heavy atom. The average molecular weight is 358 g/mol. The first-order chi connectivity index (χ1) is 12.4. The number of aliphatic hydroxyl groups is 1. The minimum Gasteiger partial charge on any atom is -0.491 e. The lowest BCUT2D eigenvalue weighted by molar-refractivity contribution is 0.0872. The molecule has 7 heteroatoms. The first-order valence-corrected chi connectivity index (χ1v) is 8.14. The molecule has 0 aliphatic carbocycles. The van der Waals surface area contributed by atoms with Crippen molar-refractivity contribution in [1.29, 1.82) is 0 Å². The summed E-state index contributed by atoms with van der Waals surface area (Å²) in [4.78, 5) is 11.9. The van der Waals surface area contributed by atoms with Gasteiger partial charge in [0.2, 0.25) is 5.89 Å². The second kappa shape index (κ2) is 7.53. The van der Waals surface area contributed by atoms with Crippen molar-refractivity contribution in [2.75, 3.05) is 6.61 Å². The van der Waals surface area contributed by atoms with Crippen LogP contribution in [0.5, 0.6) is 5.75 Å². The molecule has 1 heterocycles. The van der Waals surface area contributed by atoms with Crippen molar-refractivity contribution < 1.29 is 18.7 Å². The summed E-state index contributed by atoms with van der Waals surface area (Å²) in [5.41, 5.74) is 2.49. The highest BCUT2D eigenvalue weighted by atomic mass is 19.1. The fraction of sp³-hybridized carbons (Fsp3) is 0.263. The monoisotopic (exact) mass is 358 g/mol. The molecule has 6 nitrogen and oxygen atoms in total. The van der Waals surface area contributed by atoms with Crippen LogP contribution in [0.3, 0.4) is 0 Å². The van der Waals surface area contributed by atoms with Crippen molar-refractivity contribution >= 4 is 0 Å². The molecule has 0 aliphatic rings. The van der Waals surface area contributed by atoms with Crippen molar-refractivity contribution in [3.63, 3.8) is 0 Å². The first kappa shape index (κ1) is 17.9. The van der Waals surface area contributed by atoms with Gasteiger partial charge in [-0.25, -0.2) is 9.18 Å². The van der Waals surface area contributed by atoms with Gasteiger partial charge in [-0.1, -0.05) is 12.1 Å². The number of aromatic nitrogens is 2. The molecule has 0 saturated carbocycles. The lowest BCUT2D eigenvalue weighted by Crippen LogP contribution is -2.29. The molecule has 0 radical (unpaired) electrons. The van der Waals surface area contributed by atoms with Crippen LogP contribution in [0.2, 0.25) is 0 Å². The van der Waals surface area contributed by atoms with Crippen LogP contribution in [0.25, 0.3) is 11.5 Å². The number of nitrogens with zero attached hydrogens (tertiary/aromatic N) is 2. The Labute approximate surface area is 149 Å². The summed E-state index contributed by atoms with van der Waals surface area (Å²) in [5, 5.41) is 14.2. The van der Waals surface area contributed by atoms with Gasteiger partial charge >= 0.3 is 5.76 Å². The number of rotatable bonds is 6. The van der Waals surface area contributed by atoms with E-state index in [1.807, 2.05) is 32.0 Å². The van der Waals surface area contributed by atoms with Crippen LogP contribution in [0.1, 0.15) is 11.1 Å². The normalized spacial score (nSPS) is 12.2. The summed E-state index contributed by atoms with van der Waals surface area (Å²) >= 11 is 0. The Bertz CT molecular complexity index is 947. The van der Waals surface area contributed by atoms with E-state index in [9.17, 15) is 14.3 Å². The summed E-state index contributed by atoms with van der Waals surface area (Å²) in [6, 6.07) is 11.2. The van der Waals surface area contributed by atoms with Gasteiger partial charge in [0.25, 0.3) is 0 Å². The third-order valence-electron chi connectivity index (χ3n) is 3.86. The third-order valence-corrected chi connectivity index (χ3v) is 3.86. The minimum absolute atomic E-state index is 0.00940. The Kier molecular flexibility index (Phi) is 5.18. The molecular weight excluding hydrogens is 339 g/mol. The SMILES string of the molecule is Cc1ccc(C)c(OCC(O)Cn2nc(-c3ccc(F)cc3)oc2=O)c1. The highest BCUT2D eigenvalue weighted by Crippen LogP contribution is 2.19. The maximum Gasteiger partial charge on any atom is 0.437 e. The zero-order valence-corrected chi connectivity index (χ0v) is 14.5. The van der Waals surface area contributed by atoms with E-state index in [2.05, 4.69) is 5.10 Å². The summed E-state index contributed by atoms with van der Waals surface area (Å²) in [7, 11) is 0. The van der Waals surface area contributed by atoms with Gasteiger partial charge in [-0.3, -0.25) is 0 Å². The Morgan fingerprint density at radius 2 is 1.96 bits per heavy atom. The van der Waals surface area contributed by atoms with Crippen molar-refractivity contribution in [2.45, 2.75) is 26.5 Å². The second-order valence-electron chi connectivity index (χ2n) is 6.10. The Morgan fingerprint density at radius 3 is 2.69 bits per heavy atom. The minimum atomic E-state index is -0.946. The van der Waals surface area contributed by atoms with Crippen LogP contribution >= 0.6 is 0 Å². The number of hydrogen-bond acceptors (Lipinski definition) is 5. The van der Waals surface area contributed by atoms with E-state index in [1.54, 1.807) is 0 Å². The third kappa shape index (κ3) is 4.18. The van der Waals surface area contributed by atoms with Crippen LogP contribution in [-0.4, -0.2) is 27.6 Å². The van der Waals surface area contributed by atoms with Crippen molar-refractivity contribution in [3.8, 4) is 17.2 Å². The number of hydrogen-bond donors (Lipinski definition) is 1. The van der Waals surface area contributed by atoms with Gasteiger partial charge in [0, 0.05) is 5.56 Å². The lowest BCUT2D eigenvalue weighted by atomic mass is 10.1. The van der Waals surface area contributed by atoms with E-state index in [1.165, 1.54) is 24.3 Å². The molecule has 0 saturated heterocycles. The molecule has 3 aromatic rings. The first-order valence-electron chi connectivity index (χ1n) is 8.14.